The van der Waals surface area contributed by atoms with E-state index in [2.05, 4.69) is 15.5 Å². The molecule has 0 unspecified atom stereocenters. The van der Waals surface area contributed by atoms with E-state index in [1.54, 1.807) is 12.1 Å². The van der Waals surface area contributed by atoms with Gasteiger partial charge >= 0.3 is 0 Å². The van der Waals surface area contributed by atoms with E-state index in [-0.39, 0.29) is 5.82 Å². The fourth-order valence-electron chi connectivity index (χ4n) is 2.76. The monoisotopic (exact) mass is 289 g/mol. The average molecular weight is 289 g/mol. The summed E-state index contributed by atoms with van der Waals surface area (Å²) < 4.78 is 18.1. The number of aromatic nitrogens is 2. The van der Waals surface area contributed by atoms with Crippen molar-refractivity contribution < 1.29 is 8.91 Å². The van der Waals surface area contributed by atoms with Gasteiger partial charge in [0.2, 0.25) is 11.7 Å². The smallest absolute Gasteiger partial charge is 0.228 e. The van der Waals surface area contributed by atoms with Crippen LogP contribution in [0.5, 0.6) is 0 Å². The van der Waals surface area contributed by atoms with Gasteiger partial charge in [-0.3, -0.25) is 0 Å². The van der Waals surface area contributed by atoms with E-state index in [1.807, 2.05) is 0 Å². The number of nitrogens with one attached hydrogen (secondary N) is 1. The first kappa shape index (κ1) is 14.2. The van der Waals surface area contributed by atoms with E-state index in [1.165, 1.54) is 44.2 Å². The summed E-state index contributed by atoms with van der Waals surface area (Å²) in [5, 5.41) is 7.49. The number of benzene rings is 1. The van der Waals surface area contributed by atoms with Crippen molar-refractivity contribution in [2.24, 2.45) is 0 Å². The summed E-state index contributed by atoms with van der Waals surface area (Å²) in [4.78, 5) is 4.35. The Morgan fingerprint density at radius 1 is 1.14 bits per heavy atom. The Morgan fingerprint density at radius 3 is 2.67 bits per heavy atom. The van der Waals surface area contributed by atoms with Gasteiger partial charge in [0.15, 0.2) is 0 Å². The third-order valence-corrected chi connectivity index (χ3v) is 3.95. The molecule has 2 aromatic rings. The van der Waals surface area contributed by atoms with Gasteiger partial charge in [0.25, 0.3) is 0 Å². The Morgan fingerprint density at radius 2 is 1.90 bits per heavy atom. The fourth-order valence-corrected chi connectivity index (χ4v) is 2.76. The molecule has 1 fully saturated rings. The fraction of sp³-hybridized carbons (Fsp3) is 0.500. The predicted molar refractivity (Wildman–Crippen MR) is 78.3 cm³/mol. The molecule has 0 amide bonds. The van der Waals surface area contributed by atoms with Gasteiger partial charge < -0.3 is 9.84 Å². The molecule has 1 aliphatic rings. The highest BCUT2D eigenvalue weighted by Gasteiger charge is 2.13. The second-order valence-corrected chi connectivity index (χ2v) is 5.56. The minimum Gasteiger partial charge on any atom is -0.339 e. The van der Waals surface area contributed by atoms with Gasteiger partial charge in [-0.05, 0) is 37.1 Å². The maximum Gasteiger partial charge on any atom is 0.228 e. The molecule has 3 rings (SSSR count). The largest absolute Gasteiger partial charge is 0.339 e. The minimum atomic E-state index is -0.265. The summed E-state index contributed by atoms with van der Waals surface area (Å²) >= 11 is 0. The molecule has 4 nitrogen and oxygen atoms in total. The Hall–Kier alpha value is -1.75. The van der Waals surface area contributed by atoms with Gasteiger partial charge in [-0.15, -0.1) is 0 Å². The van der Waals surface area contributed by atoms with Crippen LogP contribution in [0.1, 0.15) is 38.0 Å². The third-order valence-electron chi connectivity index (χ3n) is 3.95. The van der Waals surface area contributed by atoms with Crippen LogP contribution in [0.4, 0.5) is 4.39 Å². The molecule has 21 heavy (non-hydrogen) atoms. The van der Waals surface area contributed by atoms with E-state index < -0.39 is 0 Å². The van der Waals surface area contributed by atoms with E-state index >= 15 is 0 Å². The summed E-state index contributed by atoms with van der Waals surface area (Å²) in [5.41, 5.74) is 0.770. The molecule has 0 atom stereocenters. The van der Waals surface area contributed by atoms with Gasteiger partial charge in [-0.1, -0.05) is 24.4 Å². The highest BCUT2D eigenvalue weighted by molar-refractivity contribution is 5.53. The summed E-state index contributed by atoms with van der Waals surface area (Å²) in [5.74, 6) is 0.874. The number of halogens is 1. The second-order valence-electron chi connectivity index (χ2n) is 5.56. The van der Waals surface area contributed by atoms with E-state index in [9.17, 15) is 4.39 Å². The van der Waals surface area contributed by atoms with E-state index in [4.69, 9.17) is 4.52 Å². The lowest BCUT2D eigenvalue weighted by molar-refractivity contribution is 0.351. The Labute approximate surface area is 123 Å². The quantitative estimate of drug-likeness (QED) is 0.917. The molecule has 1 saturated carbocycles. The maximum atomic E-state index is 12.9. The first-order valence-corrected chi connectivity index (χ1v) is 7.63. The predicted octanol–water partition coefficient (Wildman–Crippen LogP) is 3.34. The van der Waals surface area contributed by atoms with Crippen molar-refractivity contribution in [3.05, 3.63) is 36.0 Å². The van der Waals surface area contributed by atoms with Crippen LogP contribution in [0.3, 0.4) is 0 Å². The standard InChI is InChI=1S/C16H20FN3O/c17-13-8-6-12(7-9-13)16-19-15(21-20-16)10-11-18-14-4-2-1-3-5-14/h6-9,14,18H,1-5,10-11H2. The van der Waals surface area contributed by atoms with Crippen LogP contribution >= 0.6 is 0 Å². The van der Waals surface area contributed by atoms with E-state index in [0.717, 1.165) is 18.5 Å². The highest BCUT2D eigenvalue weighted by Crippen LogP contribution is 2.18. The van der Waals surface area contributed by atoms with Crippen LogP contribution in [-0.2, 0) is 6.42 Å². The van der Waals surface area contributed by atoms with Gasteiger partial charge in [-0.25, -0.2) is 4.39 Å². The molecule has 0 aliphatic heterocycles. The molecular formula is C16H20FN3O. The third kappa shape index (κ3) is 3.88. The van der Waals surface area contributed by atoms with Crippen molar-refractivity contribution in [3.8, 4) is 11.4 Å². The van der Waals surface area contributed by atoms with Crippen molar-refractivity contribution >= 4 is 0 Å². The molecular weight excluding hydrogens is 269 g/mol. The summed E-state index contributed by atoms with van der Waals surface area (Å²) in [6, 6.07) is 6.75. The van der Waals surface area contributed by atoms with Crippen LogP contribution in [0.15, 0.2) is 28.8 Å². The summed E-state index contributed by atoms with van der Waals surface area (Å²) in [6.45, 7) is 0.857. The van der Waals surface area contributed by atoms with Crippen LogP contribution in [0.2, 0.25) is 0 Å². The van der Waals surface area contributed by atoms with Crippen molar-refractivity contribution in [3.63, 3.8) is 0 Å². The van der Waals surface area contributed by atoms with Gasteiger partial charge in [-0.2, -0.15) is 4.98 Å². The molecule has 1 aromatic carbocycles. The van der Waals surface area contributed by atoms with Crippen LogP contribution < -0.4 is 5.32 Å². The molecule has 0 radical (unpaired) electrons. The zero-order valence-electron chi connectivity index (χ0n) is 12.0. The molecule has 0 spiro atoms. The zero-order valence-corrected chi connectivity index (χ0v) is 12.0. The first-order valence-electron chi connectivity index (χ1n) is 7.63. The minimum absolute atomic E-state index is 0.265. The Balaban J connectivity index is 1.51. The molecule has 0 saturated heterocycles. The van der Waals surface area contributed by atoms with Crippen LogP contribution in [0, 0.1) is 5.82 Å². The molecule has 1 N–H and O–H groups in total. The molecule has 1 aromatic heterocycles. The summed E-state index contributed by atoms with van der Waals surface area (Å²) in [6.07, 6.45) is 7.28. The van der Waals surface area contributed by atoms with Crippen molar-refractivity contribution in [1.29, 1.82) is 0 Å². The molecule has 0 bridgehead atoms. The highest BCUT2D eigenvalue weighted by atomic mass is 19.1. The van der Waals surface area contributed by atoms with Crippen molar-refractivity contribution in [2.75, 3.05) is 6.54 Å². The number of rotatable bonds is 5. The van der Waals surface area contributed by atoms with Crippen molar-refractivity contribution in [2.45, 2.75) is 44.6 Å². The maximum absolute atomic E-state index is 12.9. The van der Waals surface area contributed by atoms with Gasteiger partial charge in [0, 0.05) is 24.6 Å². The first-order chi connectivity index (χ1) is 10.3. The van der Waals surface area contributed by atoms with Crippen molar-refractivity contribution in [1.82, 2.24) is 15.5 Å². The summed E-state index contributed by atoms with van der Waals surface area (Å²) in [7, 11) is 0. The SMILES string of the molecule is Fc1ccc(-c2noc(CCNC3CCCCC3)n2)cc1. The normalized spacial score (nSPS) is 16.2. The number of hydrogen-bond acceptors (Lipinski definition) is 4. The number of hydrogen-bond donors (Lipinski definition) is 1. The second kappa shape index (κ2) is 6.80. The average Bonchev–Trinajstić information content (AvgIpc) is 2.98. The molecule has 1 heterocycles. The van der Waals surface area contributed by atoms with E-state index in [0.29, 0.717) is 17.8 Å². The molecule has 1 aliphatic carbocycles. The Bertz CT molecular complexity index is 561. The van der Waals surface area contributed by atoms with Crippen LogP contribution in [0.25, 0.3) is 11.4 Å². The topological polar surface area (TPSA) is 51.0 Å². The lowest BCUT2D eigenvalue weighted by Gasteiger charge is -2.22. The van der Waals surface area contributed by atoms with Crippen LogP contribution in [-0.4, -0.2) is 22.7 Å². The van der Waals surface area contributed by atoms with Gasteiger partial charge in [0.05, 0.1) is 0 Å². The van der Waals surface area contributed by atoms with Gasteiger partial charge in [0.1, 0.15) is 5.82 Å². The lowest BCUT2D eigenvalue weighted by atomic mass is 9.95. The molecule has 112 valence electrons. The molecule has 5 heteroatoms. The lowest BCUT2D eigenvalue weighted by Crippen LogP contribution is -2.32. The Kier molecular flexibility index (Phi) is 4.60. The zero-order chi connectivity index (χ0) is 14.5. The number of nitrogens with zero attached hydrogens (tertiary/aromatic N) is 2.